The molecule has 0 spiro atoms. The molecule has 3 aromatic carbocycles. The highest BCUT2D eigenvalue weighted by atomic mass is 32.2. The second-order valence-electron chi connectivity index (χ2n) is 7.61. The first-order valence-corrected chi connectivity index (χ1v) is 12.4. The third-order valence-electron chi connectivity index (χ3n) is 5.15. The molecule has 0 saturated carbocycles. The van der Waals surface area contributed by atoms with E-state index in [4.69, 9.17) is 9.47 Å². The van der Waals surface area contributed by atoms with E-state index in [1.165, 1.54) is 6.07 Å². The van der Waals surface area contributed by atoms with Crippen LogP contribution in [0.2, 0.25) is 0 Å². The minimum atomic E-state index is -4.42. The SMILES string of the molecule is CCCCOc1ccc(-c2cccc(S(=O)(=O)O)c2-c2ccc(OCCCC)cc2)cc1. The zero-order chi connectivity index (χ0) is 23.0. The van der Waals surface area contributed by atoms with E-state index in [0.717, 1.165) is 42.7 Å². The highest BCUT2D eigenvalue weighted by molar-refractivity contribution is 7.86. The molecular weight excluding hydrogens is 424 g/mol. The highest BCUT2D eigenvalue weighted by Crippen LogP contribution is 2.38. The van der Waals surface area contributed by atoms with Gasteiger partial charge in [-0.25, -0.2) is 0 Å². The second kappa shape index (κ2) is 11.2. The number of unbranched alkanes of at least 4 members (excludes halogenated alkanes) is 2. The van der Waals surface area contributed by atoms with Crippen LogP contribution in [0.1, 0.15) is 39.5 Å². The molecule has 1 N–H and O–H groups in total. The van der Waals surface area contributed by atoms with E-state index >= 15 is 0 Å². The predicted octanol–water partition coefficient (Wildman–Crippen LogP) is 6.63. The zero-order valence-electron chi connectivity index (χ0n) is 18.6. The summed E-state index contributed by atoms with van der Waals surface area (Å²) < 4.78 is 45.7. The van der Waals surface area contributed by atoms with E-state index in [0.29, 0.717) is 29.9 Å². The molecular formula is C26H30O5S. The Morgan fingerprint density at radius 3 is 1.69 bits per heavy atom. The molecule has 0 unspecified atom stereocenters. The van der Waals surface area contributed by atoms with Crippen molar-refractivity contribution in [1.29, 1.82) is 0 Å². The first-order valence-electron chi connectivity index (χ1n) is 11.0. The maximum atomic E-state index is 12.2. The van der Waals surface area contributed by atoms with Crippen LogP contribution < -0.4 is 9.47 Å². The molecule has 0 aliphatic carbocycles. The van der Waals surface area contributed by atoms with Gasteiger partial charge in [-0.3, -0.25) is 4.55 Å². The average molecular weight is 455 g/mol. The van der Waals surface area contributed by atoms with Gasteiger partial charge in [0.1, 0.15) is 16.4 Å². The van der Waals surface area contributed by atoms with Gasteiger partial charge in [-0.2, -0.15) is 8.42 Å². The van der Waals surface area contributed by atoms with Gasteiger partial charge < -0.3 is 9.47 Å². The van der Waals surface area contributed by atoms with Crippen LogP contribution in [0.4, 0.5) is 0 Å². The van der Waals surface area contributed by atoms with E-state index in [9.17, 15) is 13.0 Å². The Hall–Kier alpha value is -2.83. The van der Waals surface area contributed by atoms with Gasteiger partial charge in [0, 0.05) is 5.56 Å². The van der Waals surface area contributed by atoms with Crippen molar-refractivity contribution >= 4 is 10.1 Å². The molecule has 3 aromatic rings. The molecule has 0 fully saturated rings. The quantitative estimate of drug-likeness (QED) is 0.260. The summed E-state index contributed by atoms with van der Waals surface area (Å²) in [5, 5.41) is 0. The van der Waals surface area contributed by atoms with E-state index in [1.54, 1.807) is 6.07 Å². The molecule has 0 aromatic heterocycles. The largest absolute Gasteiger partial charge is 0.494 e. The van der Waals surface area contributed by atoms with Crippen LogP contribution in [-0.4, -0.2) is 26.2 Å². The topological polar surface area (TPSA) is 72.8 Å². The normalized spacial score (nSPS) is 11.3. The Balaban J connectivity index is 1.99. The number of ether oxygens (including phenoxy) is 2. The second-order valence-corrected chi connectivity index (χ2v) is 9.00. The van der Waals surface area contributed by atoms with Gasteiger partial charge in [0.25, 0.3) is 10.1 Å². The van der Waals surface area contributed by atoms with E-state index in [2.05, 4.69) is 13.8 Å². The van der Waals surface area contributed by atoms with Crippen LogP contribution in [0, 0.1) is 0 Å². The summed E-state index contributed by atoms with van der Waals surface area (Å²) >= 11 is 0. The maximum absolute atomic E-state index is 12.2. The highest BCUT2D eigenvalue weighted by Gasteiger charge is 2.20. The average Bonchev–Trinajstić information content (AvgIpc) is 2.79. The maximum Gasteiger partial charge on any atom is 0.295 e. The molecule has 0 amide bonds. The van der Waals surface area contributed by atoms with Gasteiger partial charge in [-0.1, -0.05) is 63.1 Å². The van der Waals surface area contributed by atoms with Crippen LogP contribution in [-0.2, 0) is 10.1 Å². The summed E-state index contributed by atoms with van der Waals surface area (Å²) in [6.07, 6.45) is 4.06. The monoisotopic (exact) mass is 454 g/mol. The van der Waals surface area contributed by atoms with E-state index in [-0.39, 0.29) is 4.90 Å². The third-order valence-corrected chi connectivity index (χ3v) is 6.04. The van der Waals surface area contributed by atoms with Gasteiger partial charge in [0.05, 0.1) is 13.2 Å². The van der Waals surface area contributed by atoms with Crippen molar-refractivity contribution in [3.8, 4) is 33.8 Å². The smallest absolute Gasteiger partial charge is 0.295 e. The number of rotatable bonds is 11. The molecule has 0 heterocycles. The van der Waals surface area contributed by atoms with Crippen LogP contribution in [0.5, 0.6) is 11.5 Å². The third kappa shape index (κ3) is 6.11. The Morgan fingerprint density at radius 2 is 1.22 bits per heavy atom. The summed E-state index contributed by atoms with van der Waals surface area (Å²) in [6.45, 7) is 5.51. The van der Waals surface area contributed by atoms with Crippen molar-refractivity contribution in [3.63, 3.8) is 0 Å². The molecule has 32 heavy (non-hydrogen) atoms. The molecule has 0 atom stereocenters. The first kappa shape index (κ1) is 23.8. The fourth-order valence-electron chi connectivity index (χ4n) is 3.40. The lowest BCUT2D eigenvalue weighted by Crippen LogP contribution is -2.02. The van der Waals surface area contributed by atoms with Gasteiger partial charge in [0.15, 0.2) is 0 Å². The van der Waals surface area contributed by atoms with Crippen molar-refractivity contribution < 1.29 is 22.4 Å². The van der Waals surface area contributed by atoms with E-state index in [1.807, 2.05) is 54.6 Å². The summed E-state index contributed by atoms with van der Waals surface area (Å²) in [6, 6.07) is 19.7. The van der Waals surface area contributed by atoms with Gasteiger partial charge in [0.2, 0.25) is 0 Å². The minimum Gasteiger partial charge on any atom is -0.494 e. The van der Waals surface area contributed by atoms with E-state index < -0.39 is 10.1 Å². The Morgan fingerprint density at radius 1 is 0.719 bits per heavy atom. The zero-order valence-corrected chi connectivity index (χ0v) is 19.4. The van der Waals surface area contributed by atoms with Crippen molar-refractivity contribution in [2.75, 3.05) is 13.2 Å². The summed E-state index contributed by atoms with van der Waals surface area (Å²) in [5.74, 6) is 1.49. The lowest BCUT2D eigenvalue weighted by atomic mass is 9.94. The standard InChI is InChI=1S/C26H30O5S/c1-3-5-18-30-22-14-10-20(11-15-22)24-8-7-9-25(32(27,28)29)26(24)21-12-16-23(17-13-21)31-19-6-4-2/h7-17H,3-6,18-19H2,1-2H3,(H,27,28,29). The molecule has 6 heteroatoms. The molecule has 0 saturated heterocycles. The van der Waals surface area contributed by atoms with Crippen LogP contribution in [0.15, 0.2) is 71.6 Å². The predicted molar refractivity (Wildman–Crippen MR) is 128 cm³/mol. The van der Waals surface area contributed by atoms with Crippen molar-refractivity contribution in [2.45, 2.75) is 44.4 Å². The van der Waals surface area contributed by atoms with Crippen molar-refractivity contribution in [2.24, 2.45) is 0 Å². The summed E-state index contributed by atoms with van der Waals surface area (Å²) in [5.41, 5.74) is 2.67. The molecule has 0 bridgehead atoms. The van der Waals surface area contributed by atoms with Crippen LogP contribution in [0.3, 0.4) is 0 Å². The molecule has 0 aliphatic heterocycles. The van der Waals surface area contributed by atoms with Gasteiger partial charge >= 0.3 is 0 Å². The lowest BCUT2D eigenvalue weighted by Gasteiger charge is -2.15. The van der Waals surface area contributed by atoms with Crippen LogP contribution in [0.25, 0.3) is 22.3 Å². The molecule has 5 nitrogen and oxygen atoms in total. The molecule has 170 valence electrons. The Labute approximate surface area is 190 Å². The Bertz CT molecular complexity index is 1100. The number of benzene rings is 3. The summed E-state index contributed by atoms with van der Waals surface area (Å²) in [4.78, 5) is -0.127. The van der Waals surface area contributed by atoms with Crippen LogP contribution >= 0.6 is 0 Å². The first-order chi connectivity index (χ1) is 15.4. The fourth-order valence-corrected chi connectivity index (χ4v) is 4.14. The molecule has 3 rings (SSSR count). The summed E-state index contributed by atoms with van der Waals surface area (Å²) in [7, 11) is -4.42. The number of hydrogen-bond acceptors (Lipinski definition) is 4. The minimum absolute atomic E-state index is 0.127. The van der Waals surface area contributed by atoms with Gasteiger partial charge in [-0.15, -0.1) is 0 Å². The number of hydrogen-bond donors (Lipinski definition) is 1. The molecule has 0 aliphatic rings. The van der Waals surface area contributed by atoms with Gasteiger partial charge in [-0.05, 0) is 59.9 Å². The van der Waals surface area contributed by atoms with Crippen molar-refractivity contribution in [1.82, 2.24) is 0 Å². The molecule has 0 radical (unpaired) electrons. The fraction of sp³-hybridized carbons (Fsp3) is 0.308. The lowest BCUT2D eigenvalue weighted by molar-refractivity contribution is 0.309. The Kier molecular flexibility index (Phi) is 8.31. The van der Waals surface area contributed by atoms with Crippen molar-refractivity contribution in [3.05, 3.63) is 66.7 Å².